The lowest BCUT2D eigenvalue weighted by atomic mass is 10.1. The molecule has 0 bridgehead atoms. The third-order valence-corrected chi connectivity index (χ3v) is 2.70. The molecule has 1 heterocycles. The Morgan fingerprint density at radius 1 is 1.43 bits per heavy atom. The molecule has 0 aliphatic heterocycles. The highest BCUT2D eigenvalue weighted by atomic mass is 16.4. The summed E-state index contributed by atoms with van der Waals surface area (Å²) in [5, 5.41) is 15.4. The van der Waals surface area contributed by atoms with Crippen LogP contribution >= 0.6 is 0 Å². The molecule has 0 spiro atoms. The van der Waals surface area contributed by atoms with Crippen LogP contribution in [0.3, 0.4) is 0 Å². The maximum atomic E-state index is 11.8. The largest absolute Gasteiger partial charge is 0.481 e. The van der Waals surface area contributed by atoms with Crippen molar-refractivity contribution < 1.29 is 14.7 Å². The molecular weight excluding hydrogens is 270 g/mol. The molecule has 1 amide bonds. The summed E-state index contributed by atoms with van der Waals surface area (Å²) in [7, 11) is 1.80. The zero-order valence-corrected chi connectivity index (χ0v) is 11.5. The van der Waals surface area contributed by atoms with Gasteiger partial charge in [0.2, 0.25) is 5.91 Å². The van der Waals surface area contributed by atoms with Crippen LogP contribution in [-0.2, 0) is 23.1 Å². The van der Waals surface area contributed by atoms with Gasteiger partial charge in [0.15, 0.2) is 0 Å². The van der Waals surface area contributed by atoms with Crippen LogP contribution in [0.15, 0.2) is 42.7 Å². The molecule has 0 aliphatic rings. The van der Waals surface area contributed by atoms with E-state index >= 15 is 0 Å². The first-order valence-corrected chi connectivity index (χ1v) is 6.31. The number of aromatic nitrogens is 2. The Morgan fingerprint density at radius 3 is 2.90 bits per heavy atom. The van der Waals surface area contributed by atoms with Crippen molar-refractivity contribution >= 4 is 23.6 Å². The first-order valence-electron chi connectivity index (χ1n) is 6.31. The lowest BCUT2D eigenvalue weighted by Crippen LogP contribution is -2.08. The molecule has 6 nitrogen and oxygen atoms in total. The highest BCUT2D eigenvalue weighted by molar-refractivity contribution is 6.01. The second kappa shape index (κ2) is 6.51. The number of carboxylic acids is 1. The van der Waals surface area contributed by atoms with Gasteiger partial charge in [-0.2, -0.15) is 5.10 Å². The van der Waals surface area contributed by atoms with E-state index in [1.807, 2.05) is 0 Å². The normalized spacial score (nSPS) is 10.7. The van der Waals surface area contributed by atoms with Crippen LogP contribution in [0, 0.1) is 0 Å². The molecule has 108 valence electrons. The summed E-state index contributed by atoms with van der Waals surface area (Å²) >= 11 is 0. The number of hydrogen-bond acceptors (Lipinski definition) is 3. The standard InChI is InChI=1S/C15H15N3O3/c1-18-10-12(9-16-18)5-6-14(19)17-13-4-2-3-11(7-13)8-15(20)21/h2-7,9-10H,8H2,1H3,(H,17,19)(H,20,21)/b6-5+. The van der Waals surface area contributed by atoms with E-state index in [4.69, 9.17) is 5.11 Å². The van der Waals surface area contributed by atoms with Crippen LogP contribution in [0.5, 0.6) is 0 Å². The fraction of sp³-hybridized carbons (Fsp3) is 0.133. The summed E-state index contributed by atoms with van der Waals surface area (Å²) in [6.45, 7) is 0. The second-order valence-corrected chi connectivity index (χ2v) is 4.54. The minimum Gasteiger partial charge on any atom is -0.481 e. The minimum absolute atomic E-state index is 0.0742. The number of aryl methyl sites for hydroxylation is 1. The first kappa shape index (κ1) is 14.5. The molecule has 1 aromatic heterocycles. The fourth-order valence-corrected chi connectivity index (χ4v) is 1.82. The molecule has 2 N–H and O–H groups in total. The second-order valence-electron chi connectivity index (χ2n) is 4.54. The van der Waals surface area contributed by atoms with E-state index in [2.05, 4.69) is 10.4 Å². The molecule has 1 aromatic carbocycles. The molecular formula is C15H15N3O3. The number of nitrogens with zero attached hydrogens (tertiary/aromatic N) is 2. The Kier molecular flexibility index (Phi) is 4.50. The summed E-state index contributed by atoms with van der Waals surface area (Å²) in [5.74, 6) is -1.19. The number of rotatable bonds is 5. The van der Waals surface area contributed by atoms with Crippen molar-refractivity contribution in [2.45, 2.75) is 6.42 Å². The van der Waals surface area contributed by atoms with Crippen LogP contribution < -0.4 is 5.32 Å². The van der Waals surface area contributed by atoms with E-state index in [9.17, 15) is 9.59 Å². The van der Waals surface area contributed by atoms with Crippen molar-refractivity contribution in [2.24, 2.45) is 7.05 Å². The zero-order valence-electron chi connectivity index (χ0n) is 11.5. The number of carbonyl (C=O) groups is 2. The molecule has 2 rings (SSSR count). The number of nitrogens with one attached hydrogen (secondary N) is 1. The molecule has 0 atom stereocenters. The van der Waals surface area contributed by atoms with Crippen molar-refractivity contribution in [3.8, 4) is 0 Å². The molecule has 0 unspecified atom stereocenters. The summed E-state index contributed by atoms with van der Waals surface area (Å²) in [5.41, 5.74) is 2.03. The average molecular weight is 285 g/mol. The average Bonchev–Trinajstić information content (AvgIpc) is 2.82. The number of carboxylic acid groups (broad SMARTS) is 1. The van der Waals surface area contributed by atoms with Crippen molar-refractivity contribution in [3.63, 3.8) is 0 Å². The molecule has 0 aliphatic carbocycles. The Labute approximate surface area is 121 Å². The van der Waals surface area contributed by atoms with Gasteiger partial charge in [-0.1, -0.05) is 12.1 Å². The monoisotopic (exact) mass is 285 g/mol. The van der Waals surface area contributed by atoms with Gasteiger partial charge in [0, 0.05) is 30.6 Å². The van der Waals surface area contributed by atoms with Crippen molar-refractivity contribution in [1.82, 2.24) is 9.78 Å². The summed E-state index contributed by atoms with van der Waals surface area (Å²) in [6.07, 6.45) is 6.42. The van der Waals surface area contributed by atoms with Gasteiger partial charge in [-0.15, -0.1) is 0 Å². The summed E-state index contributed by atoms with van der Waals surface area (Å²) < 4.78 is 1.65. The predicted octanol–water partition coefficient (Wildman–Crippen LogP) is 1.70. The van der Waals surface area contributed by atoms with Gasteiger partial charge in [0.05, 0.1) is 12.6 Å². The Bertz CT molecular complexity index is 689. The smallest absolute Gasteiger partial charge is 0.307 e. The van der Waals surface area contributed by atoms with Crippen LogP contribution in [0.25, 0.3) is 6.08 Å². The molecule has 0 saturated heterocycles. The lowest BCUT2D eigenvalue weighted by Gasteiger charge is -2.04. The minimum atomic E-state index is -0.907. The number of anilines is 1. The Hall–Kier alpha value is -2.89. The van der Waals surface area contributed by atoms with Crippen LogP contribution in [-0.4, -0.2) is 26.8 Å². The predicted molar refractivity (Wildman–Crippen MR) is 78.7 cm³/mol. The van der Waals surface area contributed by atoms with Crippen molar-refractivity contribution in [2.75, 3.05) is 5.32 Å². The third kappa shape index (κ3) is 4.61. The number of hydrogen-bond donors (Lipinski definition) is 2. The highest BCUT2D eigenvalue weighted by Crippen LogP contribution is 2.11. The van der Waals surface area contributed by atoms with E-state index in [1.54, 1.807) is 54.5 Å². The van der Waals surface area contributed by atoms with Crippen LogP contribution in [0.4, 0.5) is 5.69 Å². The third-order valence-electron chi connectivity index (χ3n) is 2.70. The van der Waals surface area contributed by atoms with Gasteiger partial charge in [-0.25, -0.2) is 0 Å². The van der Waals surface area contributed by atoms with Crippen molar-refractivity contribution in [3.05, 3.63) is 53.9 Å². The molecule has 0 saturated carbocycles. The molecule has 0 fully saturated rings. The van der Waals surface area contributed by atoms with Crippen molar-refractivity contribution in [1.29, 1.82) is 0 Å². The van der Waals surface area contributed by atoms with Crippen LogP contribution in [0.2, 0.25) is 0 Å². The fourth-order valence-electron chi connectivity index (χ4n) is 1.82. The molecule has 2 aromatic rings. The van der Waals surface area contributed by atoms with E-state index < -0.39 is 5.97 Å². The summed E-state index contributed by atoms with van der Waals surface area (Å²) in [4.78, 5) is 22.4. The maximum absolute atomic E-state index is 11.8. The topological polar surface area (TPSA) is 84.2 Å². The number of aliphatic carboxylic acids is 1. The van der Waals surface area contributed by atoms with E-state index in [0.717, 1.165) is 5.56 Å². The van der Waals surface area contributed by atoms with E-state index in [1.165, 1.54) is 6.08 Å². The van der Waals surface area contributed by atoms with Gasteiger partial charge < -0.3 is 10.4 Å². The van der Waals surface area contributed by atoms with Gasteiger partial charge >= 0.3 is 5.97 Å². The SMILES string of the molecule is Cn1cc(/C=C/C(=O)Nc2cccc(CC(=O)O)c2)cn1. The van der Waals surface area contributed by atoms with Gasteiger partial charge in [-0.05, 0) is 23.8 Å². The Balaban J connectivity index is 1.99. The Morgan fingerprint density at radius 2 is 2.24 bits per heavy atom. The van der Waals surface area contributed by atoms with Crippen LogP contribution in [0.1, 0.15) is 11.1 Å². The highest BCUT2D eigenvalue weighted by Gasteiger charge is 2.03. The number of amides is 1. The lowest BCUT2D eigenvalue weighted by molar-refractivity contribution is -0.136. The van der Waals surface area contributed by atoms with E-state index in [0.29, 0.717) is 11.3 Å². The van der Waals surface area contributed by atoms with Gasteiger partial charge in [-0.3, -0.25) is 14.3 Å². The maximum Gasteiger partial charge on any atom is 0.307 e. The first-order chi connectivity index (χ1) is 10.0. The number of benzene rings is 1. The number of carbonyl (C=O) groups excluding carboxylic acids is 1. The molecule has 21 heavy (non-hydrogen) atoms. The molecule has 6 heteroatoms. The van der Waals surface area contributed by atoms with E-state index in [-0.39, 0.29) is 12.3 Å². The summed E-state index contributed by atoms with van der Waals surface area (Å²) in [6, 6.07) is 6.76. The van der Waals surface area contributed by atoms with Gasteiger partial charge in [0.1, 0.15) is 0 Å². The molecule has 0 radical (unpaired) electrons. The zero-order chi connectivity index (χ0) is 15.2. The van der Waals surface area contributed by atoms with Gasteiger partial charge in [0.25, 0.3) is 0 Å². The quantitative estimate of drug-likeness (QED) is 0.819.